The van der Waals surface area contributed by atoms with Gasteiger partial charge in [0.2, 0.25) is 5.91 Å². The highest BCUT2D eigenvalue weighted by atomic mass is 35.5. The summed E-state index contributed by atoms with van der Waals surface area (Å²) in [6, 6.07) is 7.60. The summed E-state index contributed by atoms with van der Waals surface area (Å²) in [4.78, 5) is 16.7. The summed E-state index contributed by atoms with van der Waals surface area (Å²) in [6.07, 6.45) is 6.22. The van der Waals surface area contributed by atoms with E-state index >= 15 is 0 Å². The number of nitrogens with zero attached hydrogens (tertiary/aromatic N) is 2. The average molecular weight is 364 g/mol. The molecular weight excluding hydrogens is 338 g/mol. The number of benzene rings is 1. The van der Waals surface area contributed by atoms with Gasteiger partial charge in [0, 0.05) is 17.7 Å². The van der Waals surface area contributed by atoms with Crippen molar-refractivity contribution in [2.75, 3.05) is 11.9 Å². The number of aryl methyl sites for hydroxylation is 1. The van der Waals surface area contributed by atoms with Crippen LogP contribution in [0.25, 0.3) is 11.4 Å². The number of carbonyl (C=O) groups is 1. The number of rotatable bonds is 5. The van der Waals surface area contributed by atoms with Crippen LogP contribution in [0.2, 0.25) is 0 Å². The summed E-state index contributed by atoms with van der Waals surface area (Å²) in [5.74, 6) is 1.49. The maximum atomic E-state index is 12.4. The van der Waals surface area contributed by atoms with Crippen molar-refractivity contribution in [2.45, 2.75) is 45.4 Å². The molecule has 1 saturated carbocycles. The van der Waals surface area contributed by atoms with Gasteiger partial charge in [-0.05, 0) is 56.0 Å². The molecule has 1 aromatic carbocycles. The van der Waals surface area contributed by atoms with Crippen LogP contribution >= 0.6 is 12.4 Å². The Labute approximate surface area is 154 Å². The van der Waals surface area contributed by atoms with Crippen LogP contribution in [0.4, 0.5) is 5.69 Å². The molecule has 1 fully saturated rings. The van der Waals surface area contributed by atoms with Crippen LogP contribution in [0, 0.1) is 12.3 Å². The molecule has 6 nitrogen and oxygen atoms in total. The molecule has 1 heterocycles. The average Bonchev–Trinajstić information content (AvgIpc) is 3.03. The molecule has 0 unspecified atom stereocenters. The second kappa shape index (κ2) is 8.45. The van der Waals surface area contributed by atoms with Gasteiger partial charge in [0.15, 0.2) is 5.82 Å². The molecule has 2 aromatic rings. The number of halogens is 1. The number of nitrogens with one attached hydrogen (secondary N) is 2. The lowest BCUT2D eigenvalue weighted by molar-refractivity contribution is -0.118. The lowest BCUT2D eigenvalue weighted by Gasteiger charge is -2.35. The third-order valence-electron chi connectivity index (χ3n) is 4.91. The Morgan fingerprint density at radius 1 is 1.24 bits per heavy atom. The van der Waals surface area contributed by atoms with Crippen molar-refractivity contribution in [2.24, 2.45) is 11.1 Å². The van der Waals surface area contributed by atoms with Gasteiger partial charge in [-0.3, -0.25) is 9.89 Å². The predicted molar refractivity (Wildman–Crippen MR) is 102 cm³/mol. The minimum absolute atomic E-state index is 0. The number of aromatic nitrogens is 3. The van der Waals surface area contributed by atoms with E-state index in [0.717, 1.165) is 29.9 Å². The summed E-state index contributed by atoms with van der Waals surface area (Å²) in [7, 11) is 0. The molecule has 7 heteroatoms. The number of nitrogens with two attached hydrogens (primary N) is 1. The minimum atomic E-state index is -0.0151. The van der Waals surface area contributed by atoms with E-state index in [1.165, 1.54) is 19.3 Å². The zero-order chi connectivity index (χ0) is 17.0. The summed E-state index contributed by atoms with van der Waals surface area (Å²) < 4.78 is 0. The van der Waals surface area contributed by atoms with Crippen LogP contribution < -0.4 is 11.1 Å². The monoisotopic (exact) mass is 363 g/mol. The van der Waals surface area contributed by atoms with Crippen molar-refractivity contribution in [3.8, 4) is 11.4 Å². The van der Waals surface area contributed by atoms with Crippen molar-refractivity contribution in [3.05, 3.63) is 30.1 Å². The maximum absolute atomic E-state index is 12.4. The molecule has 1 aliphatic carbocycles. The molecule has 1 aliphatic rings. The Morgan fingerprint density at radius 3 is 2.48 bits per heavy atom. The highest BCUT2D eigenvalue weighted by Gasteiger charge is 2.32. The maximum Gasteiger partial charge on any atom is 0.224 e. The van der Waals surface area contributed by atoms with E-state index in [-0.39, 0.29) is 23.7 Å². The Balaban J connectivity index is 0.00000225. The summed E-state index contributed by atoms with van der Waals surface area (Å²) in [6.45, 7) is 2.45. The van der Waals surface area contributed by atoms with E-state index in [4.69, 9.17) is 5.73 Å². The molecule has 25 heavy (non-hydrogen) atoms. The Morgan fingerprint density at radius 2 is 1.92 bits per heavy atom. The third kappa shape index (κ3) is 4.80. The van der Waals surface area contributed by atoms with E-state index in [1.807, 2.05) is 31.2 Å². The van der Waals surface area contributed by atoms with E-state index in [2.05, 4.69) is 20.5 Å². The number of hydrogen-bond donors (Lipinski definition) is 3. The van der Waals surface area contributed by atoms with E-state index in [9.17, 15) is 4.79 Å². The van der Waals surface area contributed by atoms with Crippen LogP contribution in [-0.2, 0) is 4.79 Å². The molecule has 3 rings (SSSR count). The number of anilines is 1. The van der Waals surface area contributed by atoms with Gasteiger partial charge in [-0.2, -0.15) is 5.10 Å². The minimum Gasteiger partial charge on any atom is -0.330 e. The first-order valence-corrected chi connectivity index (χ1v) is 8.60. The number of amides is 1. The van der Waals surface area contributed by atoms with Crippen LogP contribution in [0.3, 0.4) is 0 Å². The zero-order valence-corrected chi connectivity index (χ0v) is 15.4. The van der Waals surface area contributed by atoms with Gasteiger partial charge in [-0.25, -0.2) is 4.98 Å². The highest BCUT2D eigenvalue weighted by Crippen LogP contribution is 2.38. The molecule has 136 valence electrons. The van der Waals surface area contributed by atoms with Crippen LogP contribution in [0.1, 0.15) is 44.3 Å². The van der Waals surface area contributed by atoms with Gasteiger partial charge in [0.25, 0.3) is 0 Å². The SMILES string of the molecule is Cc1nc(-c2ccc(NC(=O)CC3(CN)CCCCC3)cc2)n[nH]1.Cl. The quantitative estimate of drug-likeness (QED) is 0.758. The lowest BCUT2D eigenvalue weighted by atomic mass is 9.71. The van der Waals surface area contributed by atoms with Crippen molar-refractivity contribution in [3.63, 3.8) is 0 Å². The van der Waals surface area contributed by atoms with Crippen LogP contribution in [0.15, 0.2) is 24.3 Å². The second-order valence-electron chi connectivity index (χ2n) is 6.81. The Kier molecular flexibility index (Phi) is 6.56. The van der Waals surface area contributed by atoms with E-state index in [1.54, 1.807) is 0 Å². The normalized spacial score (nSPS) is 16.1. The second-order valence-corrected chi connectivity index (χ2v) is 6.81. The number of H-pyrrole nitrogens is 1. The molecule has 0 saturated heterocycles. The predicted octanol–water partition coefficient (Wildman–Crippen LogP) is 3.44. The summed E-state index contributed by atoms with van der Waals surface area (Å²) >= 11 is 0. The van der Waals surface area contributed by atoms with Crippen molar-refractivity contribution in [1.82, 2.24) is 15.2 Å². The highest BCUT2D eigenvalue weighted by molar-refractivity contribution is 5.91. The van der Waals surface area contributed by atoms with Gasteiger partial charge >= 0.3 is 0 Å². The fourth-order valence-corrected chi connectivity index (χ4v) is 3.48. The van der Waals surface area contributed by atoms with E-state index < -0.39 is 0 Å². The smallest absolute Gasteiger partial charge is 0.224 e. The summed E-state index contributed by atoms with van der Waals surface area (Å²) in [5.41, 5.74) is 7.66. The lowest BCUT2D eigenvalue weighted by Crippen LogP contribution is -2.36. The first-order chi connectivity index (χ1) is 11.6. The molecule has 4 N–H and O–H groups in total. The van der Waals surface area contributed by atoms with Gasteiger partial charge in [-0.1, -0.05) is 19.3 Å². The van der Waals surface area contributed by atoms with Gasteiger partial charge in [-0.15, -0.1) is 12.4 Å². The Bertz CT molecular complexity index is 692. The fraction of sp³-hybridized carbons (Fsp3) is 0.500. The summed E-state index contributed by atoms with van der Waals surface area (Å²) in [5, 5.41) is 9.95. The van der Waals surface area contributed by atoms with Crippen molar-refractivity contribution >= 4 is 24.0 Å². The van der Waals surface area contributed by atoms with Crippen LogP contribution in [0.5, 0.6) is 0 Å². The molecule has 1 amide bonds. The number of aromatic amines is 1. The zero-order valence-electron chi connectivity index (χ0n) is 14.5. The van der Waals surface area contributed by atoms with Gasteiger partial charge < -0.3 is 11.1 Å². The molecule has 0 spiro atoms. The van der Waals surface area contributed by atoms with Crippen molar-refractivity contribution in [1.29, 1.82) is 0 Å². The first kappa shape index (κ1) is 19.4. The number of hydrogen-bond acceptors (Lipinski definition) is 4. The molecule has 0 atom stereocenters. The van der Waals surface area contributed by atoms with Gasteiger partial charge in [0.1, 0.15) is 5.82 Å². The molecule has 0 aliphatic heterocycles. The van der Waals surface area contributed by atoms with Gasteiger partial charge in [0.05, 0.1) is 0 Å². The van der Waals surface area contributed by atoms with E-state index in [0.29, 0.717) is 18.8 Å². The number of carbonyl (C=O) groups excluding carboxylic acids is 1. The topological polar surface area (TPSA) is 96.7 Å². The largest absolute Gasteiger partial charge is 0.330 e. The molecule has 1 aromatic heterocycles. The Hall–Kier alpha value is -1.92. The molecular formula is C18H26ClN5O. The standard InChI is InChI=1S/C18H25N5O.ClH/c1-13-20-17(23-22-13)14-5-7-15(8-6-14)21-16(24)11-18(12-19)9-3-2-4-10-18;/h5-8H,2-4,9-12,19H2,1H3,(H,21,24)(H,20,22,23);1H. The molecule has 0 radical (unpaired) electrons. The third-order valence-corrected chi connectivity index (χ3v) is 4.91. The van der Waals surface area contributed by atoms with Crippen LogP contribution in [-0.4, -0.2) is 27.6 Å². The fourth-order valence-electron chi connectivity index (χ4n) is 3.48. The molecule has 0 bridgehead atoms. The van der Waals surface area contributed by atoms with Crippen molar-refractivity contribution < 1.29 is 4.79 Å². The first-order valence-electron chi connectivity index (χ1n) is 8.60.